The van der Waals surface area contributed by atoms with Crippen LogP contribution in [0.5, 0.6) is 5.75 Å². The van der Waals surface area contributed by atoms with E-state index in [-0.39, 0.29) is 5.97 Å². The molecule has 0 fully saturated rings. The van der Waals surface area contributed by atoms with Gasteiger partial charge in [-0.05, 0) is 24.6 Å². The molecule has 17 heavy (non-hydrogen) atoms. The molecule has 5 heteroatoms. The molecule has 4 nitrogen and oxygen atoms in total. The smallest absolute Gasteiger partial charge is 0.305 e. The average molecular weight is 258 g/mol. The fourth-order valence-corrected chi connectivity index (χ4v) is 1.60. The topological polar surface area (TPSA) is 47.6 Å². The number of carbonyl (C=O) groups excluding carboxylic acids is 1. The Balaban J connectivity index is 2.37. The van der Waals surface area contributed by atoms with Gasteiger partial charge in [0.2, 0.25) is 0 Å². The molecule has 0 spiro atoms. The summed E-state index contributed by atoms with van der Waals surface area (Å²) in [7, 11) is 2.96. The molecular weight excluding hydrogens is 242 g/mol. The Morgan fingerprint density at radius 1 is 1.41 bits per heavy atom. The van der Waals surface area contributed by atoms with Gasteiger partial charge >= 0.3 is 5.97 Å². The highest BCUT2D eigenvalue weighted by atomic mass is 35.5. The van der Waals surface area contributed by atoms with E-state index in [1.807, 2.05) is 6.07 Å². The zero-order valence-corrected chi connectivity index (χ0v) is 10.7. The van der Waals surface area contributed by atoms with Gasteiger partial charge in [-0.2, -0.15) is 0 Å². The van der Waals surface area contributed by atoms with Crippen LogP contribution in [0.1, 0.15) is 12.8 Å². The lowest BCUT2D eigenvalue weighted by molar-refractivity contribution is -0.140. The van der Waals surface area contributed by atoms with Crippen LogP contribution in [0, 0.1) is 0 Å². The highest BCUT2D eigenvalue weighted by molar-refractivity contribution is 6.32. The minimum Gasteiger partial charge on any atom is -0.495 e. The normalized spacial score (nSPS) is 9.82. The van der Waals surface area contributed by atoms with Gasteiger partial charge in [-0.25, -0.2) is 0 Å². The molecule has 1 aromatic carbocycles. The highest BCUT2D eigenvalue weighted by Gasteiger charge is 2.02. The first kappa shape index (κ1) is 13.6. The molecule has 0 saturated heterocycles. The van der Waals surface area contributed by atoms with Gasteiger partial charge in [0.15, 0.2) is 0 Å². The second-order valence-electron chi connectivity index (χ2n) is 3.46. The highest BCUT2D eigenvalue weighted by Crippen LogP contribution is 2.27. The molecule has 0 atom stereocenters. The molecule has 0 aromatic heterocycles. The van der Waals surface area contributed by atoms with Gasteiger partial charge in [0.05, 0.1) is 19.2 Å². The van der Waals surface area contributed by atoms with Crippen LogP contribution in [0.2, 0.25) is 5.02 Å². The number of methoxy groups -OCH3 is 2. The maximum atomic E-state index is 10.9. The summed E-state index contributed by atoms with van der Waals surface area (Å²) in [6.45, 7) is 0.692. The lowest BCUT2D eigenvalue weighted by Crippen LogP contribution is -2.06. The number of benzene rings is 1. The van der Waals surface area contributed by atoms with Gasteiger partial charge in [0.25, 0.3) is 0 Å². The average Bonchev–Trinajstić information content (AvgIpc) is 2.34. The van der Waals surface area contributed by atoms with Gasteiger partial charge in [-0.15, -0.1) is 0 Å². The van der Waals surface area contributed by atoms with Crippen LogP contribution in [0.15, 0.2) is 18.2 Å². The van der Waals surface area contributed by atoms with E-state index in [1.165, 1.54) is 7.11 Å². The van der Waals surface area contributed by atoms with Gasteiger partial charge in [-0.1, -0.05) is 11.6 Å². The summed E-state index contributed by atoms with van der Waals surface area (Å²) >= 11 is 5.98. The largest absolute Gasteiger partial charge is 0.495 e. The first-order valence-electron chi connectivity index (χ1n) is 5.31. The minimum absolute atomic E-state index is 0.195. The van der Waals surface area contributed by atoms with Crippen LogP contribution >= 0.6 is 11.6 Å². The van der Waals surface area contributed by atoms with E-state index >= 15 is 0 Å². The third kappa shape index (κ3) is 4.53. The van der Waals surface area contributed by atoms with E-state index in [4.69, 9.17) is 16.3 Å². The Kier molecular flexibility index (Phi) is 5.63. The lowest BCUT2D eigenvalue weighted by Gasteiger charge is -2.08. The van der Waals surface area contributed by atoms with Crippen LogP contribution < -0.4 is 10.1 Å². The molecule has 1 aromatic rings. The summed E-state index contributed by atoms with van der Waals surface area (Å²) in [5.74, 6) is 0.450. The second kappa shape index (κ2) is 7.01. The van der Waals surface area contributed by atoms with E-state index in [2.05, 4.69) is 10.1 Å². The summed E-state index contributed by atoms with van der Waals surface area (Å²) in [6, 6.07) is 5.46. The number of nitrogens with one attached hydrogen (secondary N) is 1. The van der Waals surface area contributed by atoms with E-state index < -0.39 is 0 Å². The number of ether oxygens (including phenoxy) is 2. The van der Waals surface area contributed by atoms with Crippen molar-refractivity contribution in [2.75, 3.05) is 26.1 Å². The maximum absolute atomic E-state index is 10.9. The monoisotopic (exact) mass is 257 g/mol. The predicted octanol–water partition coefficient (Wildman–Crippen LogP) is 2.71. The third-order valence-corrected chi connectivity index (χ3v) is 2.56. The van der Waals surface area contributed by atoms with Crippen LogP contribution in [0.4, 0.5) is 5.69 Å². The Morgan fingerprint density at radius 3 is 2.76 bits per heavy atom. The van der Waals surface area contributed by atoms with Crippen molar-refractivity contribution in [2.45, 2.75) is 12.8 Å². The van der Waals surface area contributed by atoms with Crippen LogP contribution in [-0.2, 0) is 9.53 Å². The quantitative estimate of drug-likeness (QED) is 0.629. The molecule has 0 bridgehead atoms. The van der Waals surface area contributed by atoms with Crippen molar-refractivity contribution >= 4 is 23.3 Å². The number of anilines is 1. The number of rotatable bonds is 6. The maximum Gasteiger partial charge on any atom is 0.305 e. The van der Waals surface area contributed by atoms with Crippen LogP contribution in [0.3, 0.4) is 0 Å². The molecular formula is C12H16ClNO3. The summed E-state index contributed by atoms with van der Waals surface area (Å²) in [5.41, 5.74) is 0.903. The van der Waals surface area contributed by atoms with E-state index in [1.54, 1.807) is 19.2 Å². The zero-order chi connectivity index (χ0) is 12.7. The molecule has 0 aliphatic carbocycles. The summed E-state index contributed by atoms with van der Waals surface area (Å²) in [5, 5.41) is 3.73. The lowest BCUT2D eigenvalue weighted by atomic mass is 10.2. The van der Waals surface area contributed by atoms with Crippen LogP contribution in [-0.4, -0.2) is 26.7 Å². The van der Waals surface area contributed by atoms with Crippen molar-refractivity contribution in [1.82, 2.24) is 0 Å². The molecule has 0 heterocycles. The number of esters is 1. The Labute approximate surface area is 106 Å². The fourth-order valence-electron chi connectivity index (χ4n) is 1.34. The number of carbonyl (C=O) groups is 1. The van der Waals surface area contributed by atoms with Gasteiger partial charge in [0.1, 0.15) is 5.75 Å². The summed E-state index contributed by atoms with van der Waals surface area (Å²) < 4.78 is 9.60. The number of hydrogen-bond donors (Lipinski definition) is 1. The molecule has 0 unspecified atom stereocenters. The third-order valence-electron chi connectivity index (χ3n) is 2.27. The Morgan fingerprint density at radius 2 is 2.18 bits per heavy atom. The fraction of sp³-hybridized carbons (Fsp3) is 0.417. The molecule has 0 aliphatic heterocycles. The molecule has 0 aliphatic rings. The Bertz CT molecular complexity index is 382. The van der Waals surface area contributed by atoms with E-state index in [9.17, 15) is 4.79 Å². The van der Waals surface area contributed by atoms with Crippen molar-refractivity contribution in [3.05, 3.63) is 23.2 Å². The first-order chi connectivity index (χ1) is 8.17. The minimum atomic E-state index is -0.195. The van der Waals surface area contributed by atoms with E-state index in [0.717, 1.165) is 12.1 Å². The van der Waals surface area contributed by atoms with E-state index in [0.29, 0.717) is 23.7 Å². The van der Waals surface area contributed by atoms with Gasteiger partial charge in [0, 0.05) is 18.7 Å². The molecule has 1 rings (SSSR count). The number of hydrogen-bond acceptors (Lipinski definition) is 4. The molecule has 0 radical (unpaired) electrons. The molecule has 1 N–H and O–H groups in total. The molecule has 0 saturated carbocycles. The summed E-state index contributed by atoms with van der Waals surface area (Å²) in [4.78, 5) is 10.9. The van der Waals surface area contributed by atoms with Crippen LogP contribution in [0.25, 0.3) is 0 Å². The standard InChI is InChI=1S/C12H16ClNO3/c1-16-11-6-5-9(8-10(11)13)14-7-3-4-12(15)17-2/h5-6,8,14H,3-4,7H2,1-2H3. The van der Waals surface area contributed by atoms with Crippen molar-refractivity contribution in [3.8, 4) is 5.75 Å². The van der Waals surface area contributed by atoms with Crippen molar-refractivity contribution in [2.24, 2.45) is 0 Å². The summed E-state index contributed by atoms with van der Waals surface area (Å²) in [6.07, 6.45) is 1.13. The Hall–Kier alpha value is -1.42. The van der Waals surface area contributed by atoms with Gasteiger partial charge in [-0.3, -0.25) is 4.79 Å². The number of halogens is 1. The predicted molar refractivity (Wildman–Crippen MR) is 67.7 cm³/mol. The first-order valence-corrected chi connectivity index (χ1v) is 5.69. The van der Waals surface area contributed by atoms with Crippen molar-refractivity contribution < 1.29 is 14.3 Å². The SMILES string of the molecule is COC(=O)CCCNc1ccc(OC)c(Cl)c1. The second-order valence-corrected chi connectivity index (χ2v) is 3.86. The zero-order valence-electron chi connectivity index (χ0n) is 9.96. The molecule has 94 valence electrons. The van der Waals surface area contributed by atoms with Crippen molar-refractivity contribution in [1.29, 1.82) is 0 Å². The molecule has 0 amide bonds. The van der Waals surface area contributed by atoms with Crippen molar-refractivity contribution in [3.63, 3.8) is 0 Å². The van der Waals surface area contributed by atoms with Gasteiger partial charge < -0.3 is 14.8 Å².